The lowest BCUT2D eigenvalue weighted by Crippen LogP contribution is -2.37. The average molecular weight is 304 g/mol. The first-order valence-electron chi connectivity index (χ1n) is 7.79. The predicted molar refractivity (Wildman–Crippen MR) is 80.2 cm³/mol. The van der Waals surface area contributed by atoms with Crippen molar-refractivity contribution in [2.45, 2.75) is 50.8 Å². The fourth-order valence-electron chi connectivity index (χ4n) is 3.47. The van der Waals surface area contributed by atoms with E-state index in [9.17, 15) is 14.9 Å². The van der Waals surface area contributed by atoms with Gasteiger partial charge in [-0.3, -0.25) is 14.9 Å². The van der Waals surface area contributed by atoms with Crippen molar-refractivity contribution in [3.63, 3.8) is 0 Å². The molecule has 1 saturated heterocycles. The number of rotatable bonds is 4. The maximum atomic E-state index is 12.1. The number of nitrogens with one attached hydrogen (secondary N) is 1. The third-order valence-corrected chi connectivity index (χ3v) is 4.68. The Kier molecular flexibility index (Phi) is 4.38. The van der Waals surface area contributed by atoms with Crippen LogP contribution in [-0.2, 0) is 16.1 Å². The lowest BCUT2D eigenvalue weighted by molar-refractivity contribution is -0.384. The molecule has 1 aliphatic heterocycles. The second kappa shape index (κ2) is 6.44. The van der Waals surface area contributed by atoms with Crippen molar-refractivity contribution < 1.29 is 14.5 Å². The van der Waals surface area contributed by atoms with E-state index in [2.05, 4.69) is 5.32 Å². The van der Waals surface area contributed by atoms with Crippen molar-refractivity contribution in [2.24, 2.45) is 5.92 Å². The molecule has 0 aromatic heterocycles. The van der Waals surface area contributed by atoms with Gasteiger partial charge in [0.25, 0.3) is 5.69 Å². The number of esters is 1. The van der Waals surface area contributed by atoms with Crippen molar-refractivity contribution in [2.75, 3.05) is 0 Å². The molecule has 6 heteroatoms. The molecular formula is C16H20N2O4. The molecule has 2 fully saturated rings. The third kappa shape index (κ3) is 3.27. The number of nitro benzene ring substituents is 1. The van der Waals surface area contributed by atoms with Crippen molar-refractivity contribution in [1.29, 1.82) is 0 Å². The van der Waals surface area contributed by atoms with Crippen LogP contribution < -0.4 is 5.32 Å². The van der Waals surface area contributed by atoms with Gasteiger partial charge in [0, 0.05) is 18.2 Å². The summed E-state index contributed by atoms with van der Waals surface area (Å²) in [5, 5.41) is 14.0. The van der Waals surface area contributed by atoms with E-state index in [0.29, 0.717) is 12.0 Å². The zero-order chi connectivity index (χ0) is 15.5. The maximum absolute atomic E-state index is 12.1. The molecule has 0 amide bonds. The van der Waals surface area contributed by atoms with E-state index in [-0.39, 0.29) is 24.3 Å². The fourth-order valence-corrected chi connectivity index (χ4v) is 3.47. The zero-order valence-electron chi connectivity index (χ0n) is 12.4. The number of carbonyl (C=O) groups is 1. The van der Waals surface area contributed by atoms with Crippen LogP contribution >= 0.6 is 0 Å². The molecule has 2 aliphatic rings. The van der Waals surface area contributed by atoms with Gasteiger partial charge in [-0.15, -0.1) is 0 Å². The molecule has 0 spiro atoms. The summed E-state index contributed by atoms with van der Waals surface area (Å²) in [5.41, 5.74) is 0.797. The molecule has 1 aromatic rings. The van der Waals surface area contributed by atoms with Crippen molar-refractivity contribution >= 4 is 11.7 Å². The van der Waals surface area contributed by atoms with Gasteiger partial charge in [0.2, 0.25) is 0 Å². The summed E-state index contributed by atoms with van der Waals surface area (Å²) in [5.74, 6) is 0.387. The molecule has 1 aromatic carbocycles. The summed E-state index contributed by atoms with van der Waals surface area (Å²) < 4.78 is 5.35. The van der Waals surface area contributed by atoms with Crippen LogP contribution in [0.25, 0.3) is 0 Å². The van der Waals surface area contributed by atoms with E-state index in [4.69, 9.17) is 4.74 Å². The molecule has 1 heterocycles. The molecule has 3 atom stereocenters. The number of hydrogen-bond acceptors (Lipinski definition) is 5. The third-order valence-electron chi connectivity index (χ3n) is 4.68. The number of fused-ring (bicyclic) bond motifs is 1. The van der Waals surface area contributed by atoms with E-state index in [1.165, 1.54) is 31.4 Å². The first kappa shape index (κ1) is 15.0. The van der Waals surface area contributed by atoms with Gasteiger partial charge in [-0.25, -0.2) is 0 Å². The topological polar surface area (TPSA) is 81.5 Å². The standard InChI is InChI=1S/C16H20N2O4/c19-16(15-9-12-3-1-2-4-14(12)17-15)22-10-11-5-7-13(8-6-11)18(20)21/h5-8,12,14-15,17H,1-4,9-10H2/t12?,14?,15-/m0/s1. The summed E-state index contributed by atoms with van der Waals surface area (Å²) in [7, 11) is 0. The Balaban J connectivity index is 1.51. The Bertz CT molecular complexity index is 544. The normalized spacial score (nSPS) is 27.2. The van der Waals surface area contributed by atoms with E-state index in [1.54, 1.807) is 12.1 Å². The van der Waals surface area contributed by atoms with E-state index < -0.39 is 4.92 Å². The number of nitrogens with zero attached hydrogens (tertiary/aromatic N) is 1. The maximum Gasteiger partial charge on any atom is 0.323 e. The summed E-state index contributed by atoms with van der Waals surface area (Å²) >= 11 is 0. The van der Waals surface area contributed by atoms with Crippen LogP contribution in [0, 0.1) is 16.0 Å². The Morgan fingerprint density at radius 2 is 2.00 bits per heavy atom. The monoisotopic (exact) mass is 304 g/mol. The molecular weight excluding hydrogens is 284 g/mol. The van der Waals surface area contributed by atoms with Gasteiger partial charge in [0.05, 0.1) is 4.92 Å². The predicted octanol–water partition coefficient (Wildman–Crippen LogP) is 2.56. The first-order chi connectivity index (χ1) is 10.6. The average Bonchev–Trinajstić information content (AvgIpc) is 2.97. The Morgan fingerprint density at radius 3 is 2.68 bits per heavy atom. The van der Waals surface area contributed by atoms with E-state index in [0.717, 1.165) is 18.4 Å². The number of benzene rings is 1. The van der Waals surface area contributed by atoms with Crippen molar-refractivity contribution in [1.82, 2.24) is 5.32 Å². The Labute approximate surface area is 129 Å². The second-order valence-electron chi connectivity index (χ2n) is 6.14. The van der Waals surface area contributed by atoms with Crippen LogP contribution in [0.5, 0.6) is 0 Å². The van der Waals surface area contributed by atoms with Crippen LogP contribution in [0.3, 0.4) is 0 Å². The Morgan fingerprint density at radius 1 is 1.27 bits per heavy atom. The van der Waals surface area contributed by atoms with Crippen LogP contribution in [0.2, 0.25) is 0 Å². The van der Waals surface area contributed by atoms with Crippen LogP contribution in [-0.4, -0.2) is 23.0 Å². The summed E-state index contributed by atoms with van der Waals surface area (Å²) in [4.78, 5) is 22.3. The highest BCUT2D eigenvalue weighted by atomic mass is 16.6. The molecule has 118 valence electrons. The van der Waals surface area contributed by atoms with Gasteiger partial charge >= 0.3 is 5.97 Å². The smallest absolute Gasteiger partial charge is 0.323 e. The minimum atomic E-state index is -0.444. The zero-order valence-corrected chi connectivity index (χ0v) is 12.4. The van der Waals surface area contributed by atoms with Crippen LogP contribution in [0.15, 0.2) is 24.3 Å². The number of ether oxygens (including phenoxy) is 1. The van der Waals surface area contributed by atoms with Gasteiger partial charge in [0.1, 0.15) is 12.6 Å². The SMILES string of the molecule is O=C(OCc1ccc([N+](=O)[O-])cc1)[C@@H]1CC2CCCCC2N1. The molecule has 22 heavy (non-hydrogen) atoms. The highest BCUT2D eigenvalue weighted by molar-refractivity contribution is 5.76. The summed E-state index contributed by atoms with van der Waals surface area (Å²) in [6, 6.07) is 6.34. The van der Waals surface area contributed by atoms with Gasteiger partial charge < -0.3 is 10.1 Å². The molecule has 2 unspecified atom stereocenters. The molecule has 1 N–H and O–H groups in total. The molecule has 0 radical (unpaired) electrons. The number of hydrogen-bond donors (Lipinski definition) is 1. The molecule has 3 rings (SSSR count). The molecule has 6 nitrogen and oxygen atoms in total. The van der Waals surface area contributed by atoms with Crippen molar-refractivity contribution in [3.05, 3.63) is 39.9 Å². The molecule has 1 saturated carbocycles. The highest BCUT2D eigenvalue weighted by Crippen LogP contribution is 2.33. The largest absolute Gasteiger partial charge is 0.460 e. The summed E-state index contributed by atoms with van der Waals surface area (Å²) in [6.07, 6.45) is 5.70. The van der Waals surface area contributed by atoms with Gasteiger partial charge in [-0.2, -0.15) is 0 Å². The van der Waals surface area contributed by atoms with Crippen LogP contribution in [0.1, 0.15) is 37.7 Å². The second-order valence-corrected chi connectivity index (χ2v) is 6.14. The van der Waals surface area contributed by atoms with Gasteiger partial charge in [-0.1, -0.05) is 12.8 Å². The van der Waals surface area contributed by atoms with E-state index in [1.807, 2.05) is 0 Å². The minimum absolute atomic E-state index is 0.0385. The number of nitro groups is 1. The minimum Gasteiger partial charge on any atom is -0.460 e. The van der Waals surface area contributed by atoms with Gasteiger partial charge in [0.15, 0.2) is 0 Å². The van der Waals surface area contributed by atoms with Crippen molar-refractivity contribution in [3.8, 4) is 0 Å². The number of non-ortho nitro benzene ring substituents is 1. The number of carbonyl (C=O) groups excluding carboxylic acids is 1. The van der Waals surface area contributed by atoms with Crippen LogP contribution in [0.4, 0.5) is 5.69 Å². The Hall–Kier alpha value is -1.95. The lowest BCUT2D eigenvalue weighted by Gasteiger charge is -2.24. The highest BCUT2D eigenvalue weighted by Gasteiger charge is 2.38. The summed E-state index contributed by atoms with van der Waals surface area (Å²) in [6.45, 7) is 0.157. The first-order valence-corrected chi connectivity index (χ1v) is 7.79. The molecule has 0 bridgehead atoms. The van der Waals surface area contributed by atoms with Gasteiger partial charge in [-0.05, 0) is 42.9 Å². The fraction of sp³-hybridized carbons (Fsp3) is 0.562. The van der Waals surface area contributed by atoms with E-state index >= 15 is 0 Å². The molecule has 1 aliphatic carbocycles. The lowest BCUT2D eigenvalue weighted by atomic mass is 9.85. The quantitative estimate of drug-likeness (QED) is 0.525.